The molecule has 2 heteroatoms. The molecule has 0 saturated heterocycles. The van der Waals surface area contributed by atoms with Gasteiger partial charge in [-0.25, -0.2) is 9.55 Å². The molecule has 0 N–H and O–H groups in total. The van der Waals surface area contributed by atoms with Crippen LogP contribution in [0.15, 0.2) is 66.9 Å². The smallest absolute Gasteiger partial charge is 0.213 e. The Labute approximate surface area is 154 Å². The van der Waals surface area contributed by atoms with Crippen molar-refractivity contribution in [1.82, 2.24) is 4.98 Å². The number of nitrogens with zero attached hydrogens (tertiary/aromatic N) is 2. The predicted octanol–water partition coefficient (Wildman–Crippen LogP) is 5.32. The summed E-state index contributed by atoms with van der Waals surface area (Å²) < 4.78 is 2.20. The van der Waals surface area contributed by atoms with E-state index in [1.807, 2.05) is 0 Å². The van der Waals surface area contributed by atoms with Crippen molar-refractivity contribution in [3.05, 3.63) is 83.6 Å². The maximum atomic E-state index is 4.93. The predicted molar refractivity (Wildman–Crippen MR) is 108 cm³/mol. The van der Waals surface area contributed by atoms with Crippen LogP contribution in [-0.4, -0.2) is 4.98 Å². The van der Waals surface area contributed by atoms with E-state index >= 15 is 0 Å². The Kier molecular flexibility index (Phi) is 4.04. The fourth-order valence-corrected chi connectivity index (χ4v) is 3.58. The third-order valence-electron chi connectivity index (χ3n) is 5.01. The lowest BCUT2D eigenvalue weighted by molar-refractivity contribution is -0.660. The van der Waals surface area contributed by atoms with Gasteiger partial charge in [-0.1, -0.05) is 35.9 Å². The van der Waals surface area contributed by atoms with Crippen LogP contribution >= 0.6 is 0 Å². The van der Waals surface area contributed by atoms with Gasteiger partial charge >= 0.3 is 0 Å². The van der Waals surface area contributed by atoms with Crippen LogP contribution in [0.25, 0.3) is 33.4 Å². The zero-order valence-corrected chi connectivity index (χ0v) is 15.7. The summed E-state index contributed by atoms with van der Waals surface area (Å²) in [6.45, 7) is 6.42. The van der Waals surface area contributed by atoms with Gasteiger partial charge in [-0.05, 0) is 50.6 Å². The van der Waals surface area contributed by atoms with Gasteiger partial charge in [0.15, 0.2) is 6.20 Å². The Balaban J connectivity index is 1.91. The fraction of sp³-hybridized carbons (Fsp3) is 0.167. The van der Waals surface area contributed by atoms with E-state index in [-0.39, 0.29) is 0 Å². The van der Waals surface area contributed by atoms with E-state index in [9.17, 15) is 0 Å². The first-order valence-corrected chi connectivity index (χ1v) is 8.97. The molecule has 26 heavy (non-hydrogen) atoms. The highest BCUT2D eigenvalue weighted by Gasteiger charge is 2.17. The average Bonchev–Trinajstić information content (AvgIpc) is 2.62. The first-order chi connectivity index (χ1) is 12.5. The molecule has 0 spiro atoms. The molecule has 0 bridgehead atoms. The van der Waals surface area contributed by atoms with Crippen LogP contribution in [0.5, 0.6) is 0 Å². The Bertz CT molecular complexity index is 1130. The Morgan fingerprint density at radius 1 is 0.769 bits per heavy atom. The van der Waals surface area contributed by atoms with Crippen molar-refractivity contribution >= 4 is 10.9 Å². The molecule has 2 heterocycles. The first-order valence-electron chi connectivity index (χ1n) is 8.97. The van der Waals surface area contributed by atoms with Crippen molar-refractivity contribution in [1.29, 1.82) is 0 Å². The molecule has 0 aliphatic heterocycles. The van der Waals surface area contributed by atoms with Gasteiger partial charge in [0.1, 0.15) is 7.05 Å². The van der Waals surface area contributed by atoms with Gasteiger partial charge < -0.3 is 0 Å². The molecule has 0 atom stereocenters. The minimum absolute atomic E-state index is 1.02. The van der Waals surface area contributed by atoms with Crippen LogP contribution in [0.2, 0.25) is 0 Å². The molecule has 0 radical (unpaired) electrons. The van der Waals surface area contributed by atoms with E-state index in [0.29, 0.717) is 0 Å². The van der Waals surface area contributed by atoms with Crippen LogP contribution in [0, 0.1) is 20.8 Å². The van der Waals surface area contributed by atoms with E-state index in [2.05, 4.69) is 99.2 Å². The van der Waals surface area contributed by atoms with Crippen LogP contribution in [0.3, 0.4) is 0 Å². The van der Waals surface area contributed by atoms with Crippen molar-refractivity contribution in [2.75, 3.05) is 0 Å². The normalized spacial score (nSPS) is 11.1. The minimum atomic E-state index is 1.02. The molecule has 0 unspecified atom stereocenters. The lowest BCUT2D eigenvalue weighted by Crippen LogP contribution is -2.31. The van der Waals surface area contributed by atoms with E-state index < -0.39 is 0 Å². The van der Waals surface area contributed by atoms with Gasteiger partial charge in [-0.15, -0.1) is 0 Å². The first kappa shape index (κ1) is 16.5. The highest BCUT2D eigenvalue weighted by Crippen LogP contribution is 2.28. The van der Waals surface area contributed by atoms with Crippen molar-refractivity contribution in [3.63, 3.8) is 0 Å². The number of hydrogen-bond acceptors (Lipinski definition) is 1. The lowest BCUT2D eigenvalue weighted by atomic mass is 9.99. The molecule has 0 amide bonds. The number of fused-ring (bicyclic) bond motifs is 1. The molecule has 4 aromatic rings. The second kappa shape index (κ2) is 6.38. The third kappa shape index (κ3) is 2.88. The van der Waals surface area contributed by atoms with Crippen LogP contribution in [-0.2, 0) is 7.05 Å². The quantitative estimate of drug-likeness (QED) is 0.452. The monoisotopic (exact) mass is 339 g/mol. The number of aromatic nitrogens is 2. The zero-order valence-electron chi connectivity index (χ0n) is 15.7. The van der Waals surface area contributed by atoms with Gasteiger partial charge in [-0.2, -0.15) is 0 Å². The summed E-state index contributed by atoms with van der Waals surface area (Å²) in [4.78, 5) is 4.93. The summed E-state index contributed by atoms with van der Waals surface area (Å²) in [6.07, 6.45) is 2.19. The van der Waals surface area contributed by atoms with E-state index in [0.717, 1.165) is 11.2 Å². The molecule has 0 aliphatic carbocycles. The largest absolute Gasteiger partial charge is 0.248 e. The van der Waals surface area contributed by atoms with Crippen LogP contribution < -0.4 is 4.57 Å². The van der Waals surface area contributed by atoms with Crippen LogP contribution in [0.4, 0.5) is 0 Å². The number of hydrogen-bond donors (Lipinski definition) is 0. The number of benzene rings is 2. The standard InChI is InChI=1S/C24H23N2/c1-16-9-11-22-19(13-16)10-12-23(25-22)21-14-24(26(4)15-18(21)3)20-8-6-5-7-17(20)2/h5-15H,1-4H3/q+1. The molecule has 128 valence electrons. The van der Waals surface area contributed by atoms with Crippen molar-refractivity contribution < 1.29 is 4.57 Å². The maximum absolute atomic E-state index is 4.93. The average molecular weight is 339 g/mol. The molecule has 0 aliphatic rings. The SMILES string of the molecule is Cc1ccc2nc(-c3cc(-c4ccccc4C)[n+](C)cc3C)ccc2c1. The van der Waals surface area contributed by atoms with E-state index in [1.165, 1.54) is 38.9 Å². The second-order valence-corrected chi connectivity index (χ2v) is 7.07. The van der Waals surface area contributed by atoms with Gasteiger partial charge in [0.05, 0.1) is 11.2 Å². The highest BCUT2D eigenvalue weighted by molar-refractivity contribution is 5.83. The zero-order chi connectivity index (χ0) is 18.3. The van der Waals surface area contributed by atoms with Gasteiger partial charge in [0, 0.05) is 28.1 Å². The van der Waals surface area contributed by atoms with Gasteiger partial charge in [-0.3, -0.25) is 0 Å². The molecule has 2 nitrogen and oxygen atoms in total. The number of rotatable bonds is 2. The molecular weight excluding hydrogens is 316 g/mol. The van der Waals surface area contributed by atoms with Crippen molar-refractivity contribution in [3.8, 4) is 22.5 Å². The summed E-state index contributed by atoms with van der Waals surface area (Å²) in [5.74, 6) is 0. The summed E-state index contributed by atoms with van der Waals surface area (Å²) in [5.41, 5.74) is 9.47. The highest BCUT2D eigenvalue weighted by atomic mass is 14.9. The third-order valence-corrected chi connectivity index (χ3v) is 5.01. The second-order valence-electron chi connectivity index (χ2n) is 7.07. The Hall–Kier alpha value is -3.00. The van der Waals surface area contributed by atoms with Gasteiger partial charge in [0.25, 0.3) is 0 Å². The van der Waals surface area contributed by atoms with Crippen molar-refractivity contribution in [2.45, 2.75) is 20.8 Å². The Morgan fingerprint density at radius 3 is 2.38 bits per heavy atom. The van der Waals surface area contributed by atoms with E-state index in [4.69, 9.17) is 4.98 Å². The summed E-state index contributed by atoms with van der Waals surface area (Å²) in [5, 5.41) is 1.19. The summed E-state index contributed by atoms with van der Waals surface area (Å²) in [6, 6.07) is 21.5. The van der Waals surface area contributed by atoms with Gasteiger partial charge in [0.2, 0.25) is 5.69 Å². The number of aryl methyl sites for hydroxylation is 4. The van der Waals surface area contributed by atoms with Crippen molar-refractivity contribution in [2.24, 2.45) is 7.05 Å². The summed E-state index contributed by atoms with van der Waals surface area (Å²) >= 11 is 0. The molecule has 0 fully saturated rings. The number of pyridine rings is 2. The molecule has 0 saturated carbocycles. The molecule has 2 aromatic carbocycles. The minimum Gasteiger partial charge on any atom is -0.248 e. The summed E-state index contributed by atoms with van der Waals surface area (Å²) in [7, 11) is 2.11. The Morgan fingerprint density at radius 2 is 1.58 bits per heavy atom. The molecule has 4 rings (SSSR count). The topological polar surface area (TPSA) is 16.8 Å². The maximum Gasteiger partial charge on any atom is 0.213 e. The van der Waals surface area contributed by atoms with Crippen LogP contribution in [0.1, 0.15) is 16.7 Å². The fourth-order valence-electron chi connectivity index (χ4n) is 3.58. The van der Waals surface area contributed by atoms with E-state index in [1.54, 1.807) is 0 Å². The lowest BCUT2D eigenvalue weighted by Gasteiger charge is -2.10. The molecule has 2 aromatic heterocycles. The molecular formula is C24H23N2+.